The Morgan fingerprint density at radius 1 is 1.12 bits per heavy atom. The smallest absolute Gasteiger partial charge is 0.00693 e. The van der Waals surface area contributed by atoms with Gasteiger partial charge in [0.15, 0.2) is 0 Å². The highest BCUT2D eigenvalue weighted by Crippen LogP contribution is 2.29. The molecule has 0 unspecified atom stereocenters. The van der Waals surface area contributed by atoms with Gasteiger partial charge in [-0.25, -0.2) is 0 Å². The summed E-state index contributed by atoms with van der Waals surface area (Å²) in [7, 11) is 0. The van der Waals surface area contributed by atoms with Crippen molar-refractivity contribution >= 4 is 23.5 Å². The largest absolute Gasteiger partial charge is 0.162 e. The van der Waals surface area contributed by atoms with E-state index in [1.54, 1.807) is 11.8 Å². The first-order valence-corrected chi connectivity index (χ1v) is 8.20. The van der Waals surface area contributed by atoms with Crippen LogP contribution in [0.5, 0.6) is 0 Å². The molecule has 0 aliphatic carbocycles. The molecule has 0 bridgehead atoms. The van der Waals surface area contributed by atoms with E-state index < -0.39 is 0 Å². The molecule has 0 aliphatic rings. The Hall–Kier alpha value is -0.0800. The fourth-order valence-electron chi connectivity index (χ4n) is 1.66. The molecule has 0 saturated carbocycles. The average molecular weight is 254 g/mol. The summed E-state index contributed by atoms with van der Waals surface area (Å²) in [5, 5.41) is 0. The third-order valence-corrected chi connectivity index (χ3v) is 4.59. The van der Waals surface area contributed by atoms with Crippen molar-refractivity contribution in [3.63, 3.8) is 0 Å². The lowest BCUT2D eigenvalue weighted by Crippen LogP contribution is -2.18. The second kappa shape index (κ2) is 6.61. The molecule has 16 heavy (non-hydrogen) atoms. The molecule has 0 spiro atoms. The van der Waals surface area contributed by atoms with Gasteiger partial charge >= 0.3 is 0 Å². The van der Waals surface area contributed by atoms with E-state index in [2.05, 4.69) is 51.3 Å². The second-order valence-corrected chi connectivity index (χ2v) is 6.83. The second-order valence-electron chi connectivity index (χ2n) is 4.56. The van der Waals surface area contributed by atoms with Gasteiger partial charge in [0.25, 0.3) is 0 Å². The zero-order valence-electron chi connectivity index (χ0n) is 10.7. The molecule has 0 amide bonds. The molecule has 0 heterocycles. The normalized spacial score (nSPS) is 11.8. The zero-order valence-corrected chi connectivity index (χ0v) is 12.4. The van der Waals surface area contributed by atoms with Gasteiger partial charge in [-0.15, -0.1) is 11.8 Å². The van der Waals surface area contributed by atoms with E-state index in [9.17, 15) is 0 Å². The molecule has 90 valence electrons. The van der Waals surface area contributed by atoms with Crippen LogP contribution in [0, 0.1) is 0 Å². The third kappa shape index (κ3) is 4.06. The lowest BCUT2D eigenvalue weighted by Gasteiger charge is -2.25. The molecule has 0 N–H and O–H groups in total. The molecule has 0 radical (unpaired) electrons. The predicted molar refractivity (Wildman–Crippen MR) is 78.9 cm³/mol. The Balaban J connectivity index is 2.65. The molecule has 0 nitrogen and oxygen atoms in total. The molecule has 1 aromatic carbocycles. The Kier molecular flexibility index (Phi) is 5.77. The predicted octanol–water partition coefficient (Wildman–Crippen LogP) is 4.83. The summed E-state index contributed by atoms with van der Waals surface area (Å²) in [5.74, 6) is 2.48. The molecule has 0 aliphatic heterocycles. The highest BCUT2D eigenvalue weighted by molar-refractivity contribution is 7.99. The van der Waals surface area contributed by atoms with Gasteiger partial charge in [0.2, 0.25) is 0 Å². The van der Waals surface area contributed by atoms with Crippen molar-refractivity contribution in [1.82, 2.24) is 0 Å². The van der Waals surface area contributed by atoms with Crippen molar-refractivity contribution in [2.24, 2.45) is 0 Å². The van der Waals surface area contributed by atoms with Crippen LogP contribution in [-0.2, 0) is 5.41 Å². The topological polar surface area (TPSA) is 0 Å². The summed E-state index contributed by atoms with van der Waals surface area (Å²) in [6, 6.07) is 9.02. The Bertz CT molecular complexity index is 301. The van der Waals surface area contributed by atoms with Crippen LogP contribution in [-0.4, -0.2) is 17.8 Å². The molecular formula is C14H22S2. The van der Waals surface area contributed by atoms with E-state index in [0.29, 0.717) is 5.41 Å². The van der Waals surface area contributed by atoms with Crippen LogP contribution < -0.4 is 0 Å². The first-order chi connectivity index (χ1) is 7.60. The summed E-state index contributed by atoms with van der Waals surface area (Å²) in [6.07, 6.45) is 3.38. The van der Waals surface area contributed by atoms with E-state index in [1.807, 2.05) is 11.8 Å². The average Bonchev–Trinajstić information content (AvgIpc) is 2.29. The van der Waals surface area contributed by atoms with Gasteiger partial charge in [0.1, 0.15) is 0 Å². The van der Waals surface area contributed by atoms with Crippen LogP contribution in [0.15, 0.2) is 29.2 Å². The summed E-state index contributed by atoms with van der Waals surface area (Å²) >= 11 is 3.84. The minimum Gasteiger partial charge on any atom is -0.162 e. The van der Waals surface area contributed by atoms with Crippen LogP contribution in [0.25, 0.3) is 0 Å². The number of benzene rings is 1. The van der Waals surface area contributed by atoms with E-state index in [0.717, 1.165) is 0 Å². The number of hydrogen-bond donors (Lipinski definition) is 0. The maximum Gasteiger partial charge on any atom is 0.00693 e. The zero-order chi connectivity index (χ0) is 12.0. The lowest BCUT2D eigenvalue weighted by atomic mass is 9.82. The maximum absolute atomic E-state index is 2.34. The van der Waals surface area contributed by atoms with E-state index in [1.165, 1.54) is 28.4 Å². The van der Waals surface area contributed by atoms with Crippen molar-refractivity contribution in [3.05, 3.63) is 29.8 Å². The minimum atomic E-state index is 0.305. The van der Waals surface area contributed by atoms with Crippen molar-refractivity contribution in [3.8, 4) is 0 Å². The van der Waals surface area contributed by atoms with Gasteiger partial charge in [-0.2, -0.15) is 11.8 Å². The summed E-state index contributed by atoms with van der Waals surface area (Å²) < 4.78 is 0. The Morgan fingerprint density at radius 3 is 2.25 bits per heavy atom. The van der Waals surface area contributed by atoms with Crippen molar-refractivity contribution in [2.75, 3.05) is 17.8 Å². The monoisotopic (exact) mass is 254 g/mol. The number of rotatable bonds is 6. The summed E-state index contributed by atoms with van der Waals surface area (Å²) in [6.45, 7) is 6.92. The highest BCUT2D eigenvalue weighted by atomic mass is 32.2. The van der Waals surface area contributed by atoms with Gasteiger partial charge in [0, 0.05) is 4.90 Å². The quantitative estimate of drug-likeness (QED) is 0.527. The molecule has 1 aromatic rings. The summed E-state index contributed by atoms with van der Waals surface area (Å²) in [5.41, 5.74) is 1.76. The standard InChI is InChI=1S/C14H22S2/c1-5-16-11-10-14(2,3)12-6-8-13(15-4)9-7-12/h6-9H,5,10-11H2,1-4H3. The number of thioether (sulfide) groups is 2. The van der Waals surface area contributed by atoms with Gasteiger partial charge in [0.05, 0.1) is 0 Å². The van der Waals surface area contributed by atoms with Gasteiger partial charge in [-0.3, -0.25) is 0 Å². The maximum atomic E-state index is 2.34. The van der Waals surface area contributed by atoms with Crippen LogP contribution in [0.1, 0.15) is 32.8 Å². The molecule has 0 fully saturated rings. The molecule has 0 aromatic heterocycles. The molecular weight excluding hydrogens is 232 g/mol. The highest BCUT2D eigenvalue weighted by Gasteiger charge is 2.19. The fourth-order valence-corrected chi connectivity index (χ4v) is 3.01. The molecule has 1 rings (SSSR count). The van der Waals surface area contributed by atoms with Gasteiger partial charge in [-0.1, -0.05) is 32.9 Å². The van der Waals surface area contributed by atoms with E-state index in [-0.39, 0.29) is 0 Å². The van der Waals surface area contributed by atoms with E-state index >= 15 is 0 Å². The van der Waals surface area contributed by atoms with Crippen molar-refractivity contribution < 1.29 is 0 Å². The van der Waals surface area contributed by atoms with E-state index in [4.69, 9.17) is 0 Å². The summed E-state index contributed by atoms with van der Waals surface area (Å²) in [4.78, 5) is 1.35. The Labute approximate surface area is 109 Å². The van der Waals surface area contributed by atoms with Gasteiger partial charge < -0.3 is 0 Å². The van der Waals surface area contributed by atoms with Crippen LogP contribution in [0.3, 0.4) is 0 Å². The van der Waals surface area contributed by atoms with Gasteiger partial charge in [-0.05, 0) is 47.3 Å². The van der Waals surface area contributed by atoms with Crippen molar-refractivity contribution in [1.29, 1.82) is 0 Å². The Morgan fingerprint density at radius 2 is 1.75 bits per heavy atom. The SMILES string of the molecule is CCSCCC(C)(C)c1ccc(SC)cc1. The third-order valence-electron chi connectivity index (χ3n) is 2.95. The van der Waals surface area contributed by atoms with Crippen LogP contribution >= 0.6 is 23.5 Å². The minimum absolute atomic E-state index is 0.305. The van der Waals surface area contributed by atoms with Crippen molar-refractivity contribution in [2.45, 2.75) is 37.5 Å². The fraction of sp³-hybridized carbons (Fsp3) is 0.571. The first kappa shape index (κ1) is 14.0. The molecule has 0 atom stereocenters. The molecule has 2 heteroatoms. The lowest BCUT2D eigenvalue weighted by molar-refractivity contribution is 0.510. The van der Waals surface area contributed by atoms with Crippen LogP contribution in [0.4, 0.5) is 0 Å². The number of hydrogen-bond acceptors (Lipinski definition) is 2. The molecule has 0 saturated heterocycles. The first-order valence-electron chi connectivity index (χ1n) is 5.82. The van der Waals surface area contributed by atoms with Crippen LogP contribution in [0.2, 0.25) is 0 Å².